The van der Waals surface area contributed by atoms with Crippen molar-refractivity contribution in [2.24, 2.45) is 11.8 Å². The summed E-state index contributed by atoms with van der Waals surface area (Å²) >= 11 is 0. The van der Waals surface area contributed by atoms with Gasteiger partial charge in [0, 0.05) is 20.1 Å². The standard InChI is InChI=1S/C25H37N5O5/c1-16(2)13-29(22-23(26)30(14-17(3)4)25(34)27-24(22)33)21(32)15-28(6)20(31)11-12-35-19-10-8-7-9-18(19)5/h7-10,16-17H,11-15,26H2,1-6H3,(H,27,33,34). The Hall–Kier alpha value is -3.56. The van der Waals surface area contributed by atoms with Crippen molar-refractivity contribution in [2.45, 2.75) is 47.6 Å². The largest absolute Gasteiger partial charge is 0.493 e. The van der Waals surface area contributed by atoms with Gasteiger partial charge in [0.1, 0.15) is 11.6 Å². The number of aryl methyl sites for hydroxylation is 1. The third-order valence-electron chi connectivity index (χ3n) is 5.35. The Morgan fingerprint density at radius 1 is 1.09 bits per heavy atom. The highest BCUT2D eigenvalue weighted by atomic mass is 16.5. The van der Waals surface area contributed by atoms with Gasteiger partial charge in [0.15, 0.2) is 5.69 Å². The van der Waals surface area contributed by atoms with E-state index in [1.807, 2.05) is 58.9 Å². The predicted molar refractivity (Wildman–Crippen MR) is 137 cm³/mol. The van der Waals surface area contributed by atoms with E-state index >= 15 is 0 Å². The summed E-state index contributed by atoms with van der Waals surface area (Å²) in [5.74, 6) is -0.0137. The highest BCUT2D eigenvalue weighted by Gasteiger charge is 2.27. The molecule has 2 aromatic rings. The normalized spacial score (nSPS) is 11.1. The number of hydrogen-bond acceptors (Lipinski definition) is 6. The number of hydrogen-bond donors (Lipinski definition) is 2. The van der Waals surface area contributed by atoms with Gasteiger partial charge in [-0.3, -0.25) is 23.9 Å². The van der Waals surface area contributed by atoms with E-state index in [0.29, 0.717) is 5.75 Å². The lowest BCUT2D eigenvalue weighted by Crippen LogP contribution is -2.47. The fraction of sp³-hybridized carbons (Fsp3) is 0.520. The van der Waals surface area contributed by atoms with E-state index in [2.05, 4.69) is 4.98 Å². The Balaban J connectivity index is 2.18. The molecule has 0 unspecified atom stereocenters. The maximum atomic E-state index is 13.3. The highest BCUT2D eigenvalue weighted by Crippen LogP contribution is 2.20. The molecule has 10 heteroatoms. The zero-order valence-electron chi connectivity index (χ0n) is 21.5. The number of benzene rings is 1. The van der Waals surface area contributed by atoms with Crippen LogP contribution in [0.15, 0.2) is 33.9 Å². The average Bonchev–Trinajstić information content (AvgIpc) is 2.76. The number of carbonyl (C=O) groups excluding carboxylic acids is 2. The lowest BCUT2D eigenvalue weighted by molar-refractivity contribution is -0.134. The highest BCUT2D eigenvalue weighted by molar-refractivity contribution is 5.98. The minimum atomic E-state index is -0.734. The molecule has 1 heterocycles. The molecular weight excluding hydrogens is 450 g/mol. The maximum Gasteiger partial charge on any atom is 0.330 e. The smallest absolute Gasteiger partial charge is 0.330 e. The molecule has 0 aliphatic heterocycles. The Labute approximate surface area is 205 Å². The molecule has 1 aromatic heterocycles. The van der Waals surface area contributed by atoms with Gasteiger partial charge in [0.2, 0.25) is 11.8 Å². The second-order valence-corrected chi connectivity index (χ2v) is 9.51. The number of aromatic nitrogens is 2. The Bertz CT molecular complexity index is 1150. The number of nitrogens with one attached hydrogen (secondary N) is 1. The molecule has 0 atom stereocenters. The van der Waals surface area contributed by atoms with Gasteiger partial charge in [-0.2, -0.15) is 0 Å². The van der Waals surface area contributed by atoms with Crippen molar-refractivity contribution in [1.82, 2.24) is 14.5 Å². The molecule has 1 aromatic carbocycles. The molecule has 2 rings (SSSR count). The average molecular weight is 488 g/mol. The molecule has 0 fully saturated rings. The van der Waals surface area contributed by atoms with Gasteiger partial charge in [-0.25, -0.2) is 4.79 Å². The molecular formula is C25H37N5O5. The van der Waals surface area contributed by atoms with Crippen molar-refractivity contribution >= 4 is 23.3 Å². The molecule has 192 valence electrons. The second kappa shape index (κ2) is 12.2. The molecule has 0 radical (unpaired) electrons. The number of ether oxygens (including phenoxy) is 1. The molecule has 0 saturated heterocycles. The van der Waals surface area contributed by atoms with E-state index in [0.717, 1.165) is 5.56 Å². The van der Waals surface area contributed by atoms with Crippen LogP contribution < -0.4 is 26.6 Å². The fourth-order valence-corrected chi connectivity index (χ4v) is 3.60. The third kappa shape index (κ3) is 7.46. The zero-order chi connectivity index (χ0) is 26.3. The Morgan fingerprint density at radius 3 is 2.34 bits per heavy atom. The van der Waals surface area contributed by atoms with Crippen LogP contribution in [0.1, 0.15) is 39.7 Å². The van der Waals surface area contributed by atoms with E-state index in [-0.39, 0.29) is 61.9 Å². The van der Waals surface area contributed by atoms with Crippen LogP contribution in [0, 0.1) is 18.8 Å². The van der Waals surface area contributed by atoms with Crippen LogP contribution in [0.4, 0.5) is 11.5 Å². The molecule has 0 spiro atoms. The van der Waals surface area contributed by atoms with E-state index in [4.69, 9.17) is 10.5 Å². The van der Waals surface area contributed by atoms with Gasteiger partial charge in [0.25, 0.3) is 5.56 Å². The lowest BCUT2D eigenvalue weighted by Gasteiger charge is -2.28. The first-order valence-electron chi connectivity index (χ1n) is 11.8. The van der Waals surface area contributed by atoms with Gasteiger partial charge < -0.3 is 20.3 Å². The van der Waals surface area contributed by atoms with Crippen LogP contribution in [-0.2, 0) is 16.1 Å². The minimum absolute atomic E-state index is 0.00625. The van der Waals surface area contributed by atoms with E-state index in [1.54, 1.807) is 0 Å². The quantitative estimate of drug-likeness (QED) is 0.498. The topological polar surface area (TPSA) is 131 Å². The number of aromatic amines is 1. The number of carbonyl (C=O) groups is 2. The SMILES string of the molecule is Cc1ccccc1OCCC(=O)N(C)CC(=O)N(CC(C)C)c1c(N)n(CC(C)C)c(=O)[nH]c1=O. The van der Waals surface area contributed by atoms with Crippen LogP contribution in [0.2, 0.25) is 0 Å². The summed E-state index contributed by atoms with van der Waals surface area (Å²) in [5, 5.41) is 0. The molecule has 3 N–H and O–H groups in total. The van der Waals surface area contributed by atoms with Crippen LogP contribution in [-0.4, -0.2) is 53.0 Å². The number of anilines is 2. The van der Waals surface area contributed by atoms with Crippen molar-refractivity contribution in [3.63, 3.8) is 0 Å². The molecule has 0 bridgehead atoms. The Kier molecular flexibility index (Phi) is 9.68. The van der Waals surface area contributed by atoms with Gasteiger partial charge in [-0.1, -0.05) is 45.9 Å². The number of likely N-dealkylation sites (N-methyl/N-ethyl adjacent to an activating group) is 1. The van der Waals surface area contributed by atoms with Crippen molar-refractivity contribution in [3.8, 4) is 5.75 Å². The minimum Gasteiger partial charge on any atom is -0.493 e. The van der Waals surface area contributed by atoms with Gasteiger partial charge >= 0.3 is 5.69 Å². The van der Waals surface area contributed by atoms with Gasteiger partial charge in [-0.15, -0.1) is 0 Å². The van der Waals surface area contributed by atoms with Crippen molar-refractivity contribution in [1.29, 1.82) is 0 Å². The second-order valence-electron chi connectivity index (χ2n) is 9.51. The number of nitrogens with two attached hydrogens (primary N) is 1. The summed E-state index contributed by atoms with van der Waals surface area (Å²) in [6.07, 6.45) is 0.0876. The summed E-state index contributed by atoms with van der Waals surface area (Å²) in [5.41, 5.74) is 5.76. The van der Waals surface area contributed by atoms with Gasteiger partial charge in [0.05, 0.1) is 19.6 Å². The number of rotatable bonds is 11. The predicted octanol–water partition coefficient (Wildman–Crippen LogP) is 2.00. The first-order chi connectivity index (χ1) is 16.4. The zero-order valence-corrected chi connectivity index (χ0v) is 21.5. The molecule has 10 nitrogen and oxygen atoms in total. The number of H-pyrrole nitrogens is 1. The van der Waals surface area contributed by atoms with Crippen LogP contribution in [0.3, 0.4) is 0 Å². The monoisotopic (exact) mass is 487 g/mol. The molecule has 0 saturated carbocycles. The van der Waals surface area contributed by atoms with E-state index < -0.39 is 17.2 Å². The fourth-order valence-electron chi connectivity index (χ4n) is 3.60. The molecule has 2 amide bonds. The number of nitrogen functional groups attached to an aromatic ring is 1. The molecule has 0 aliphatic carbocycles. The number of para-hydroxylation sites is 1. The summed E-state index contributed by atoms with van der Waals surface area (Å²) in [4.78, 5) is 55.7. The first-order valence-corrected chi connectivity index (χ1v) is 11.8. The molecule has 35 heavy (non-hydrogen) atoms. The first kappa shape index (κ1) is 27.7. The van der Waals surface area contributed by atoms with Crippen molar-refractivity contribution in [2.75, 3.05) is 37.4 Å². The summed E-state index contributed by atoms with van der Waals surface area (Å²) in [6, 6.07) is 7.51. The van der Waals surface area contributed by atoms with Gasteiger partial charge in [-0.05, 0) is 30.4 Å². The van der Waals surface area contributed by atoms with E-state index in [9.17, 15) is 19.2 Å². The maximum absolute atomic E-state index is 13.3. The molecule has 0 aliphatic rings. The summed E-state index contributed by atoms with van der Waals surface area (Å²) in [7, 11) is 1.52. The van der Waals surface area contributed by atoms with Crippen molar-refractivity contribution < 1.29 is 14.3 Å². The summed E-state index contributed by atoms with van der Waals surface area (Å²) < 4.78 is 6.95. The number of amides is 2. The lowest BCUT2D eigenvalue weighted by atomic mass is 10.2. The Morgan fingerprint density at radius 2 is 1.74 bits per heavy atom. The van der Waals surface area contributed by atoms with Crippen LogP contribution in [0.5, 0.6) is 5.75 Å². The number of nitrogens with zero attached hydrogens (tertiary/aromatic N) is 3. The van der Waals surface area contributed by atoms with Crippen molar-refractivity contribution in [3.05, 3.63) is 50.7 Å². The van der Waals surface area contributed by atoms with Crippen LogP contribution >= 0.6 is 0 Å². The third-order valence-corrected chi connectivity index (χ3v) is 5.35. The van der Waals surface area contributed by atoms with Crippen LogP contribution in [0.25, 0.3) is 0 Å². The van der Waals surface area contributed by atoms with E-state index in [1.165, 1.54) is 21.4 Å². The summed E-state index contributed by atoms with van der Waals surface area (Å²) in [6.45, 7) is 9.95.